The minimum atomic E-state index is -0.556. The third kappa shape index (κ3) is 7.47. The second kappa shape index (κ2) is 18.9. The fraction of sp³-hybridized carbons (Fsp3) is 0.0133. The summed E-state index contributed by atoms with van der Waals surface area (Å²) in [5.74, 6) is 0. The van der Waals surface area contributed by atoms with Crippen molar-refractivity contribution in [2.75, 3.05) is 4.90 Å². The van der Waals surface area contributed by atoms with Crippen molar-refractivity contribution in [1.29, 1.82) is 0 Å². The van der Waals surface area contributed by atoms with Crippen molar-refractivity contribution in [1.82, 2.24) is 0 Å². The van der Waals surface area contributed by atoms with E-state index in [2.05, 4.69) is 314 Å². The van der Waals surface area contributed by atoms with Crippen LogP contribution in [0, 0.1) is 0 Å². The van der Waals surface area contributed by atoms with Crippen molar-refractivity contribution < 1.29 is 0 Å². The number of anilines is 3. The smallest absolute Gasteiger partial charge is 0.0714 e. The number of fused-ring (bicyclic) bond motifs is 6. The van der Waals surface area contributed by atoms with Crippen LogP contribution in [0.2, 0.25) is 0 Å². The van der Waals surface area contributed by atoms with E-state index >= 15 is 0 Å². The summed E-state index contributed by atoms with van der Waals surface area (Å²) in [4.78, 5) is 2.48. The van der Waals surface area contributed by atoms with Gasteiger partial charge in [0.25, 0.3) is 0 Å². The highest BCUT2D eigenvalue weighted by Gasteiger charge is 2.46. The molecule has 0 amide bonds. The lowest BCUT2D eigenvalue weighted by atomic mass is 9.67. The van der Waals surface area contributed by atoms with Gasteiger partial charge in [-0.15, -0.1) is 0 Å². The van der Waals surface area contributed by atoms with Crippen LogP contribution in [0.1, 0.15) is 22.3 Å². The molecule has 0 atom stereocenters. The van der Waals surface area contributed by atoms with Crippen LogP contribution < -0.4 is 4.90 Å². The lowest BCUT2D eigenvalue weighted by Crippen LogP contribution is -2.28. The lowest BCUT2D eigenvalue weighted by molar-refractivity contribution is 0.768. The maximum atomic E-state index is 2.48. The van der Waals surface area contributed by atoms with Crippen LogP contribution in [0.5, 0.6) is 0 Å². The Morgan fingerprint density at radius 1 is 0.224 bits per heavy atom. The summed E-state index contributed by atoms with van der Waals surface area (Å²) in [6.45, 7) is 0. The first kappa shape index (κ1) is 44.8. The van der Waals surface area contributed by atoms with Crippen LogP contribution in [0.15, 0.2) is 309 Å². The first-order valence-electron chi connectivity index (χ1n) is 26.3. The number of hydrogen-bond donors (Lipinski definition) is 0. The van der Waals surface area contributed by atoms with E-state index in [1.165, 1.54) is 93.9 Å². The molecule has 356 valence electrons. The SMILES string of the molecule is c1ccc(-c2ccc(N(c3ccc(-c4ccc5c(c4)c(-c4ccccc4)c(-c4ccccc4)c4ccccc45)cc3)c3ccc4c(c3)C(c3ccccc3)(c3ccccc3)c3ccccc3-4)c(-c3ccccc3)c2)cc1. The molecular formula is C75H51N. The van der Waals surface area contributed by atoms with Crippen molar-refractivity contribution >= 4 is 38.6 Å². The molecular weight excluding hydrogens is 915 g/mol. The van der Waals surface area contributed by atoms with Crippen molar-refractivity contribution in [3.8, 4) is 66.8 Å². The average Bonchev–Trinajstić information content (AvgIpc) is 3.81. The maximum absolute atomic E-state index is 2.48. The minimum Gasteiger partial charge on any atom is -0.310 e. The molecule has 0 spiro atoms. The molecule has 0 heterocycles. The van der Waals surface area contributed by atoms with E-state index in [-0.39, 0.29) is 0 Å². The van der Waals surface area contributed by atoms with Gasteiger partial charge >= 0.3 is 0 Å². The highest BCUT2D eigenvalue weighted by Crippen LogP contribution is 2.58. The molecule has 1 nitrogen and oxygen atoms in total. The molecule has 76 heavy (non-hydrogen) atoms. The topological polar surface area (TPSA) is 3.24 Å². The summed E-state index contributed by atoms with van der Waals surface area (Å²) in [6, 6.07) is 114. The van der Waals surface area contributed by atoms with E-state index in [1.807, 2.05) is 0 Å². The molecule has 0 bridgehead atoms. The van der Waals surface area contributed by atoms with Crippen molar-refractivity contribution in [3.05, 3.63) is 332 Å². The third-order valence-electron chi connectivity index (χ3n) is 15.7. The Kier molecular flexibility index (Phi) is 11.2. The van der Waals surface area contributed by atoms with E-state index in [0.29, 0.717) is 0 Å². The van der Waals surface area contributed by atoms with Gasteiger partial charge in [-0.1, -0.05) is 267 Å². The predicted octanol–water partition coefficient (Wildman–Crippen LogP) is 20.2. The molecule has 13 aromatic carbocycles. The van der Waals surface area contributed by atoms with Gasteiger partial charge < -0.3 is 4.90 Å². The Hall–Kier alpha value is -9.82. The van der Waals surface area contributed by atoms with Crippen LogP contribution in [0.25, 0.3) is 88.3 Å². The monoisotopic (exact) mass is 965 g/mol. The Bertz CT molecular complexity index is 4190. The van der Waals surface area contributed by atoms with Crippen LogP contribution in [-0.2, 0) is 5.41 Å². The van der Waals surface area contributed by atoms with Gasteiger partial charge in [0.2, 0.25) is 0 Å². The summed E-state index contributed by atoms with van der Waals surface area (Å²) in [6.07, 6.45) is 0. The molecule has 14 rings (SSSR count). The lowest BCUT2D eigenvalue weighted by Gasteiger charge is -2.35. The van der Waals surface area contributed by atoms with E-state index < -0.39 is 5.41 Å². The van der Waals surface area contributed by atoms with E-state index in [9.17, 15) is 0 Å². The molecule has 0 aromatic heterocycles. The second-order valence-electron chi connectivity index (χ2n) is 19.9. The molecule has 0 saturated carbocycles. The highest BCUT2D eigenvalue weighted by molar-refractivity contribution is 6.22. The first-order chi connectivity index (χ1) is 37.7. The van der Waals surface area contributed by atoms with Crippen molar-refractivity contribution in [3.63, 3.8) is 0 Å². The summed E-state index contributed by atoms with van der Waals surface area (Å²) >= 11 is 0. The van der Waals surface area contributed by atoms with Gasteiger partial charge in [-0.2, -0.15) is 0 Å². The van der Waals surface area contributed by atoms with Gasteiger partial charge in [0, 0.05) is 16.9 Å². The predicted molar refractivity (Wildman–Crippen MR) is 321 cm³/mol. The molecule has 1 aliphatic rings. The average molecular weight is 966 g/mol. The highest BCUT2D eigenvalue weighted by atomic mass is 15.1. The molecule has 13 aromatic rings. The summed E-state index contributed by atoms with van der Waals surface area (Å²) in [7, 11) is 0. The number of rotatable bonds is 10. The molecule has 0 N–H and O–H groups in total. The van der Waals surface area contributed by atoms with Crippen LogP contribution in [0.3, 0.4) is 0 Å². The van der Waals surface area contributed by atoms with Crippen LogP contribution >= 0.6 is 0 Å². The van der Waals surface area contributed by atoms with Crippen LogP contribution in [-0.4, -0.2) is 0 Å². The summed E-state index contributed by atoms with van der Waals surface area (Å²) in [5.41, 5.74) is 22.1. The van der Waals surface area contributed by atoms with Gasteiger partial charge in [0.15, 0.2) is 0 Å². The van der Waals surface area contributed by atoms with Gasteiger partial charge in [0.05, 0.1) is 11.1 Å². The minimum absolute atomic E-state index is 0.556. The normalized spacial score (nSPS) is 12.3. The standard InChI is InChI=1S/C75H51N/c1-7-23-52(24-8-1)58-42-48-72(68(49-58)54-25-9-2-10-26-54)76(62-45-47-66-65-36-21-22-38-70(65)75(71(66)51-62,59-31-15-5-16-32-59)60-33-17-6-18-34-60)61-43-39-53(40-44-61)57-41-46-64-63-35-19-20-37-67(63)73(55-27-11-3-12-28-55)74(69(64)50-57)56-29-13-4-14-30-56/h1-51H. The zero-order valence-corrected chi connectivity index (χ0v) is 41.9. The van der Waals surface area contributed by atoms with Gasteiger partial charge in [-0.05, 0) is 147 Å². The van der Waals surface area contributed by atoms with Gasteiger partial charge in [-0.3, -0.25) is 0 Å². The van der Waals surface area contributed by atoms with E-state index in [0.717, 1.165) is 33.8 Å². The Balaban J connectivity index is 0.987. The van der Waals surface area contributed by atoms with Crippen molar-refractivity contribution in [2.24, 2.45) is 0 Å². The molecule has 0 aliphatic heterocycles. The molecule has 1 heteroatoms. The maximum Gasteiger partial charge on any atom is 0.0714 e. The fourth-order valence-corrected chi connectivity index (χ4v) is 12.4. The summed E-state index contributed by atoms with van der Waals surface area (Å²) < 4.78 is 0. The number of benzene rings is 13. The van der Waals surface area contributed by atoms with Gasteiger partial charge in [0.1, 0.15) is 0 Å². The molecule has 0 unspecified atom stereocenters. The van der Waals surface area contributed by atoms with E-state index in [4.69, 9.17) is 0 Å². The Labute approximate surface area is 444 Å². The van der Waals surface area contributed by atoms with Crippen molar-refractivity contribution in [2.45, 2.75) is 5.41 Å². The quantitative estimate of drug-likeness (QED) is 0.123. The third-order valence-corrected chi connectivity index (χ3v) is 15.7. The number of hydrogen-bond acceptors (Lipinski definition) is 1. The molecule has 1 aliphatic carbocycles. The zero-order chi connectivity index (χ0) is 50.4. The van der Waals surface area contributed by atoms with Gasteiger partial charge in [-0.25, -0.2) is 0 Å². The molecule has 0 saturated heterocycles. The fourth-order valence-electron chi connectivity index (χ4n) is 12.4. The largest absolute Gasteiger partial charge is 0.310 e. The zero-order valence-electron chi connectivity index (χ0n) is 41.9. The Morgan fingerprint density at radius 2 is 0.658 bits per heavy atom. The Morgan fingerprint density at radius 3 is 1.29 bits per heavy atom. The molecule has 0 fully saturated rings. The van der Waals surface area contributed by atoms with Crippen LogP contribution in [0.4, 0.5) is 17.1 Å². The summed E-state index contributed by atoms with van der Waals surface area (Å²) in [5, 5.41) is 4.98. The first-order valence-corrected chi connectivity index (χ1v) is 26.3. The van der Waals surface area contributed by atoms with E-state index in [1.54, 1.807) is 0 Å². The molecule has 0 radical (unpaired) electrons. The second-order valence-corrected chi connectivity index (χ2v) is 19.9. The number of nitrogens with zero attached hydrogens (tertiary/aromatic N) is 1.